The maximum Gasteiger partial charge on any atom is 0.337 e. The van der Waals surface area contributed by atoms with Gasteiger partial charge in [-0.15, -0.1) is 0 Å². The number of hydrogen-bond donors (Lipinski definition) is 2. The molecule has 0 aliphatic heterocycles. The number of halogens is 1. The minimum Gasteiger partial charge on any atom is -0.478 e. The summed E-state index contributed by atoms with van der Waals surface area (Å²) in [5.41, 5.74) is 0.868. The van der Waals surface area contributed by atoms with Crippen LogP contribution in [0.4, 0.5) is 0 Å². The second-order valence-corrected chi connectivity index (χ2v) is 4.61. The van der Waals surface area contributed by atoms with E-state index in [1.54, 1.807) is 0 Å². The zero-order valence-electron chi connectivity index (χ0n) is 9.16. The fraction of sp³-hybridized carbons (Fsp3) is 0.333. The third-order valence-electron chi connectivity index (χ3n) is 3.00. The Morgan fingerprint density at radius 3 is 2.18 bits per heavy atom. The summed E-state index contributed by atoms with van der Waals surface area (Å²) in [6.07, 6.45) is 1.87. The molecule has 5 heteroatoms. The summed E-state index contributed by atoms with van der Waals surface area (Å²) in [6.45, 7) is 1.49. The average molecular weight is 255 g/mol. The molecule has 1 aliphatic rings. The summed E-state index contributed by atoms with van der Waals surface area (Å²) < 4.78 is 0. The van der Waals surface area contributed by atoms with Crippen LogP contribution in [0.25, 0.3) is 0 Å². The average Bonchev–Trinajstić information content (AvgIpc) is 2.97. The molecule has 1 aliphatic carbocycles. The number of aromatic carboxylic acids is 2. The Morgan fingerprint density at radius 1 is 1.24 bits per heavy atom. The number of hydrogen-bond acceptors (Lipinski definition) is 2. The molecule has 1 fully saturated rings. The summed E-state index contributed by atoms with van der Waals surface area (Å²) in [7, 11) is 0. The van der Waals surface area contributed by atoms with Crippen molar-refractivity contribution in [2.75, 3.05) is 0 Å². The Kier molecular flexibility index (Phi) is 2.83. The smallest absolute Gasteiger partial charge is 0.337 e. The normalized spacial score (nSPS) is 14.7. The first-order valence-corrected chi connectivity index (χ1v) is 5.60. The Morgan fingerprint density at radius 2 is 1.76 bits per heavy atom. The van der Waals surface area contributed by atoms with E-state index in [-0.39, 0.29) is 27.6 Å². The predicted molar refractivity (Wildman–Crippen MR) is 62.1 cm³/mol. The fourth-order valence-electron chi connectivity index (χ4n) is 2.06. The standard InChI is InChI=1S/C12H11ClO4/c1-5-9(11(14)15)7(6-2-3-6)4-8(13)10(5)12(16)17/h4,6H,2-3H2,1H3,(H,14,15)(H,16,17). The molecule has 1 saturated carbocycles. The maximum atomic E-state index is 11.2. The summed E-state index contributed by atoms with van der Waals surface area (Å²) in [4.78, 5) is 22.3. The van der Waals surface area contributed by atoms with Crippen LogP contribution in [0.2, 0.25) is 5.02 Å². The molecular weight excluding hydrogens is 244 g/mol. The molecule has 90 valence electrons. The van der Waals surface area contributed by atoms with E-state index in [1.807, 2.05) is 0 Å². The lowest BCUT2D eigenvalue weighted by molar-refractivity contribution is 0.0695. The largest absolute Gasteiger partial charge is 0.478 e. The van der Waals surface area contributed by atoms with E-state index in [4.69, 9.17) is 16.7 Å². The van der Waals surface area contributed by atoms with Crippen LogP contribution >= 0.6 is 11.6 Å². The zero-order valence-corrected chi connectivity index (χ0v) is 9.91. The van der Waals surface area contributed by atoms with Crippen LogP contribution in [0.1, 0.15) is 50.6 Å². The van der Waals surface area contributed by atoms with Gasteiger partial charge in [-0.2, -0.15) is 0 Å². The molecule has 2 rings (SSSR count). The van der Waals surface area contributed by atoms with E-state index in [0.717, 1.165) is 12.8 Å². The van der Waals surface area contributed by atoms with Gasteiger partial charge in [0.15, 0.2) is 0 Å². The van der Waals surface area contributed by atoms with Crippen LogP contribution in [0.5, 0.6) is 0 Å². The number of carboxylic acid groups (broad SMARTS) is 2. The quantitative estimate of drug-likeness (QED) is 0.870. The van der Waals surface area contributed by atoms with Gasteiger partial charge in [0.1, 0.15) is 0 Å². The molecule has 0 radical (unpaired) electrons. The van der Waals surface area contributed by atoms with Crippen molar-refractivity contribution in [2.24, 2.45) is 0 Å². The summed E-state index contributed by atoms with van der Waals surface area (Å²) in [6, 6.07) is 1.49. The molecule has 2 N–H and O–H groups in total. The van der Waals surface area contributed by atoms with Gasteiger partial charge in [0.05, 0.1) is 16.1 Å². The van der Waals surface area contributed by atoms with E-state index in [9.17, 15) is 14.7 Å². The SMILES string of the molecule is Cc1c(C(=O)O)c(Cl)cc(C2CC2)c1C(=O)O. The highest BCUT2D eigenvalue weighted by Gasteiger charge is 2.32. The van der Waals surface area contributed by atoms with Gasteiger partial charge in [-0.25, -0.2) is 9.59 Å². The minimum atomic E-state index is -1.20. The topological polar surface area (TPSA) is 74.6 Å². The predicted octanol–water partition coefficient (Wildman–Crippen LogP) is 2.92. The van der Waals surface area contributed by atoms with Crippen molar-refractivity contribution in [3.63, 3.8) is 0 Å². The van der Waals surface area contributed by atoms with Gasteiger partial charge >= 0.3 is 11.9 Å². The zero-order chi connectivity index (χ0) is 12.7. The van der Waals surface area contributed by atoms with Crippen molar-refractivity contribution >= 4 is 23.5 Å². The molecule has 1 aromatic carbocycles. The lowest BCUT2D eigenvalue weighted by Gasteiger charge is -2.12. The van der Waals surface area contributed by atoms with Crippen molar-refractivity contribution in [1.82, 2.24) is 0 Å². The highest BCUT2D eigenvalue weighted by molar-refractivity contribution is 6.34. The van der Waals surface area contributed by atoms with E-state index >= 15 is 0 Å². The third kappa shape index (κ3) is 2.00. The first-order chi connectivity index (χ1) is 7.93. The molecule has 0 amide bonds. The molecule has 0 atom stereocenters. The maximum absolute atomic E-state index is 11.2. The van der Waals surface area contributed by atoms with Crippen molar-refractivity contribution in [3.05, 3.63) is 33.3 Å². The Balaban J connectivity index is 2.72. The van der Waals surface area contributed by atoms with Crippen molar-refractivity contribution in [2.45, 2.75) is 25.7 Å². The van der Waals surface area contributed by atoms with E-state index < -0.39 is 11.9 Å². The van der Waals surface area contributed by atoms with Crippen LogP contribution in [-0.2, 0) is 0 Å². The van der Waals surface area contributed by atoms with Gasteiger partial charge in [0, 0.05) is 0 Å². The molecule has 0 heterocycles. The first kappa shape index (κ1) is 11.9. The van der Waals surface area contributed by atoms with Crippen LogP contribution in [0.15, 0.2) is 6.07 Å². The summed E-state index contributed by atoms with van der Waals surface area (Å²) in [5, 5.41) is 18.3. The third-order valence-corrected chi connectivity index (χ3v) is 3.30. The molecule has 0 bridgehead atoms. The highest BCUT2D eigenvalue weighted by Crippen LogP contribution is 2.44. The Hall–Kier alpha value is -1.55. The molecule has 0 saturated heterocycles. The van der Waals surface area contributed by atoms with Gasteiger partial charge in [-0.3, -0.25) is 0 Å². The lowest BCUT2D eigenvalue weighted by Crippen LogP contribution is -2.11. The number of carbonyl (C=O) groups is 2. The molecule has 17 heavy (non-hydrogen) atoms. The van der Waals surface area contributed by atoms with Gasteiger partial charge in [-0.1, -0.05) is 11.6 Å². The molecule has 0 unspecified atom stereocenters. The Labute approximate surface area is 103 Å². The monoisotopic (exact) mass is 254 g/mol. The number of benzene rings is 1. The first-order valence-electron chi connectivity index (χ1n) is 5.23. The highest BCUT2D eigenvalue weighted by atomic mass is 35.5. The van der Waals surface area contributed by atoms with Crippen LogP contribution in [0, 0.1) is 6.92 Å². The van der Waals surface area contributed by atoms with Crippen LogP contribution in [-0.4, -0.2) is 22.2 Å². The van der Waals surface area contributed by atoms with Gasteiger partial charge < -0.3 is 10.2 Å². The van der Waals surface area contributed by atoms with Crippen LogP contribution in [0.3, 0.4) is 0 Å². The van der Waals surface area contributed by atoms with Gasteiger partial charge in [-0.05, 0) is 42.9 Å². The van der Waals surface area contributed by atoms with Crippen molar-refractivity contribution < 1.29 is 19.8 Å². The second kappa shape index (κ2) is 4.04. The van der Waals surface area contributed by atoms with Crippen molar-refractivity contribution in [3.8, 4) is 0 Å². The van der Waals surface area contributed by atoms with E-state index in [2.05, 4.69) is 0 Å². The molecule has 0 aromatic heterocycles. The van der Waals surface area contributed by atoms with E-state index in [1.165, 1.54) is 13.0 Å². The van der Waals surface area contributed by atoms with Gasteiger partial charge in [0.25, 0.3) is 0 Å². The Bertz CT molecular complexity index is 518. The second-order valence-electron chi connectivity index (χ2n) is 4.21. The lowest BCUT2D eigenvalue weighted by atomic mass is 9.94. The minimum absolute atomic E-state index is 0.0919. The number of rotatable bonds is 3. The van der Waals surface area contributed by atoms with Crippen molar-refractivity contribution in [1.29, 1.82) is 0 Å². The molecular formula is C12H11ClO4. The molecule has 4 nitrogen and oxygen atoms in total. The van der Waals surface area contributed by atoms with Crippen LogP contribution < -0.4 is 0 Å². The fourth-order valence-corrected chi connectivity index (χ4v) is 2.40. The van der Waals surface area contributed by atoms with E-state index in [0.29, 0.717) is 5.56 Å². The molecule has 1 aromatic rings. The number of carboxylic acids is 2. The summed E-state index contributed by atoms with van der Waals surface area (Å²) >= 11 is 5.90. The molecule has 0 spiro atoms. The summed E-state index contributed by atoms with van der Waals surface area (Å²) in [5.74, 6) is -2.08. The van der Waals surface area contributed by atoms with Gasteiger partial charge in [0.2, 0.25) is 0 Å².